The molecule has 0 aromatic carbocycles. The van der Waals surface area contributed by atoms with Crippen molar-refractivity contribution in [3.05, 3.63) is 16.1 Å². The van der Waals surface area contributed by atoms with E-state index >= 15 is 0 Å². The Morgan fingerprint density at radius 1 is 1.47 bits per heavy atom. The summed E-state index contributed by atoms with van der Waals surface area (Å²) in [6, 6.07) is 0. The van der Waals surface area contributed by atoms with Crippen LogP contribution in [0.3, 0.4) is 0 Å². The number of hydrogen-bond acceptors (Lipinski definition) is 3. The molecule has 1 aromatic rings. The Morgan fingerprint density at radius 2 is 2.20 bits per heavy atom. The van der Waals surface area contributed by atoms with Crippen molar-refractivity contribution in [3.63, 3.8) is 0 Å². The standard InChI is InChI=1S/C9H13F3N2S/c1-2-13-4-3-7-6-15-8(14-7)5-9(10,11)12/h6,13H,2-5H2,1H3. The highest BCUT2D eigenvalue weighted by atomic mass is 32.1. The molecule has 0 fully saturated rings. The van der Waals surface area contributed by atoms with Crippen molar-refractivity contribution in [2.75, 3.05) is 13.1 Å². The van der Waals surface area contributed by atoms with Crippen LogP contribution in [0.4, 0.5) is 13.2 Å². The zero-order chi connectivity index (χ0) is 11.3. The zero-order valence-corrected chi connectivity index (χ0v) is 9.21. The van der Waals surface area contributed by atoms with E-state index in [1.165, 1.54) is 0 Å². The lowest BCUT2D eigenvalue weighted by Gasteiger charge is -2.01. The summed E-state index contributed by atoms with van der Waals surface area (Å²) < 4.78 is 36.0. The second-order valence-corrected chi connectivity index (χ2v) is 4.07. The third kappa shape index (κ3) is 5.13. The molecule has 0 radical (unpaired) electrons. The van der Waals surface area contributed by atoms with E-state index in [2.05, 4.69) is 10.3 Å². The van der Waals surface area contributed by atoms with Crippen LogP contribution in [0.1, 0.15) is 17.6 Å². The van der Waals surface area contributed by atoms with Gasteiger partial charge in [-0.05, 0) is 6.54 Å². The van der Waals surface area contributed by atoms with Gasteiger partial charge in [0.25, 0.3) is 0 Å². The molecule has 0 unspecified atom stereocenters. The molecule has 1 aromatic heterocycles. The van der Waals surface area contributed by atoms with Gasteiger partial charge >= 0.3 is 6.18 Å². The molecule has 0 aliphatic carbocycles. The molecule has 0 spiro atoms. The van der Waals surface area contributed by atoms with E-state index in [-0.39, 0.29) is 5.01 Å². The Morgan fingerprint density at radius 3 is 2.80 bits per heavy atom. The molecule has 0 bridgehead atoms. The molecule has 1 N–H and O–H groups in total. The monoisotopic (exact) mass is 238 g/mol. The summed E-state index contributed by atoms with van der Waals surface area (Å²) in [6.45, 7) is 3.60. The van der Waals surface area contributed by atoms with E-state index < -0.39 is 12.6 Å². The van der Waals surface area contributed by atoms with Crippen LogP contribution in [-0.2, 0) is 12.8 Å². The summed E-state index contributed by atoms with van der Waals surface area (Å²) in [5.41, 5.74) is 0.736. The van der Waals surface area contributed by atoms with Crippen molar-refractivity contribution < 1.29 is 13.2 Å². The van der Waals surface area contributed by atoms with Gasteiger partial charge < -0.3 is 5.32 Å². The van der Waals surface area contributed by atoms with E-state index in [1.54, 1.807) is 5.38 Å². The van der Waals surface area contributed by atoms with Crippen LogP contribution in [0.5, 0.6) is 0 Å². The maximum absolute atomic E-state index is 12.0. The molecular formula is C9H13F3N2S. The number of halogens is 3. The maximum atomic E-state index is 12.0. The van der Waals surface area contributed by atoms with Gasteiger partial charge in [0.05, 0.1) is 12.1 Å². The summed E-state index contributed by atoms with van der Waals surface area (Å²) in [6.07, 6.45) is -4.39. The van der Waals surface area contributed by atoms with Crippen molar-refractivity contribution >= 4 is 11.3 Å². The second-order valence-electron chi connectivity index (χ2n) is 3.13. The molecule has 1 heterocycles. The minimum atomic E-state index is -4.16. The predicted molar refractivity (Wildman–Crippen MR) is 54.1 cm³/mol. The minimum Gasteiger partial charge on any atom is -0.317 e. The first-order chi connectivity index (χ1) is 7.01. The normalized spacial score (nSPS) is 12.0. The summed E-state index contributed by atoms with van der Waals surface area (Å²) in [5.74, 6) is 0. The molecule has 86 valence electrons. The van der Waals surface area contributed by atoms with Gasteiger partial charge in [0.1, 0.15) is 5.01 Å². The fourth-order valence-corrected chi connectivity index (χ4v) is 1.97. The molecule has 0 amide bonds. The topological polar surface area (TPSA) is 24.9 Å². The minimum absolute atomic E-state index is 0.147. The maximum Gasteiger partial charge on any atom is 0.395 e. The number of hydrogen-bond donors (Lipinski definition) is 1. The molecule has 1 rings (SSSR count). The predicted octanol–water partition coefficient (Wildman–Crippen LogP) is 2.40. The number of rotatable bonds is 5. The molecular weight excluding hydrogens is 225 g/mol. The molecule has 0 saturated heterocycles. The van der Waals surface area contributed by atoms with Gasteiger partial charge in [-0.1, -0.05) is 6.92 Å². The molecule has 15 heavy (non-hydrogen) atoms. The summed E-state index contributed by atoms with van der Waals surface area (Å²) in [5, 5.41) is 4.94. The van der Waals surface area contributed by atoms with Gasteiger partial charge in [-0.3, -0.25) is 0 Å². The summed E-state index contributed by atoms with van der Waals surface area (Å²) in [4.78, 5) is 3.93. The smallest absolute Gasteiger partial charge is 0.317 e. The fourth-order valence-electron chi connectivity index (χ4n) is 1.11. The van der Waals surface area contributed by atoms with Crippen LogP contribution in [0.2, 0.25) is 0 Å². The van der Waals surface area contributed by atoms with Crippen LogP contribution in [-0.4, -0.2) is 24.2 Å². The van der Waals surface area contributed by atoms with E-state index in [4.69, 9.17) is 0 Å². The average molecular weight is 238 g/mol. The molecule has 2 nitrogen and oxygen atoms in total. The lowest BCUT2D eigenvalue weighted by molar-refractivity contribution is -0.127. The molecule has 0 saturated carbocycles. The van der Waals surface area contributed by atoms with Crippen LogP contribution >= 0.6 is 11.3 Å². The molecule has 0 atom stereocenters. The van der Waals surface area contributed by atoms with E-state index in [9.17, 15) is 13.2 Å². The van der Waals surface area contributed by atoms with Crippen LogP contribution in [0.15, 0.2) is 5.38 Å². The van der Waals surface area contributed by atoms with E-state index in [0.717, 1.165) is 30.1 Å². The Balaban J connectivity index is 2.42. The van der Waals surface area contributed by atoms with Gasteiger partial charge in [0.2, 0.25) is 0 Å². The van der Waals surface area contributed by atoms with E-state index in [1.807, 2.05) is 6.92 Å². The number of likely N-dealkylation sites (N-methyl/N-ethyl adjacent to an activating group) is 1. The van der Waals surface area contributed by atoms with Gasteiger partial charge in [-0.15, -0.1) is 11.3 Å². The molecule has 0 aliphatic heterocycles. The van der Waals surface area contributed by atoms with Crippen molar-refractivity contribution in [1.29, 1.82) is 0 Å². The number of nitrogens with zero attached hydrogens (tertiary/aromatic N) is 1. The third-order valence-electron chi connectivity index (χ3n) is 1.76. The largest absolute Gasteiger partial charge is 0.395 e. The first-order valence-corrected chi connectivity index (χ1v) is 5.60. The number of nitrogens with one attached hydrogen (secondary N) is 1. The second kappa shape index (κ2) is 5.46. The lowest BCUT2D eigenvalue weighted by atomic mass is 10.3. The number of alkyl halides is 3. The zero-order valence-electron chi connectivity index (χ0n) is 8.40. The van der Waals surface area contributed by atoms with Crippen molar-refractivity contribution in [2.24, 2.45) is 0 Å². The average Bonchev–Trinajstić information content (AvgIpc) is 2.50. The Hall–Kier alpha value is -0.620. The fraction of sp³-hybridized carbons (Fsp3) is 0.667. The SMILES string of the molecule is CCNCCc1csc(CC(F)(F)F)n1. The first-order valence-electron chi connectivity index (χ1n) is 4.72. The van der Waals surface area contributed by atoms with Crippen LogP contribution in [0.25, 0.3) is 0 Å². The van der Waals surface area contributed by atoms with Crippen LogP contribution in [0, 0.1) is 0 Å². The summed E-state index contributed by atoms with van der Waals surface area (Å²) in [7, 11) is 0. The highest BCUT2D eigenvalue weighted by Crippen LogP contribution is 2.23. The molecule has 6 heteroatoms. The Labute approximate surface area is 90.5 Å². The van der Waals surface area contributed by atoms with Crippen molar-refractivity contribution in [2.45, 2.75) is 25.9 Å². The van der Waals surface area contributed by atoms with Gasteiger partial charge in [-0.25, -0.2) is 4.98 Å². The number of thiazole rings is 1. The van der Waals surface area contributed by atoms with Gasteiger partial charge in [-0.2, -0.15) is 13.2 Å². The quantitative estimate of drug-likeness (QED) is 0.797. The Bertz CT molecular complexity index is 296. The van der Waals surface area contributed by atoms with Gasteiger partial charge in [0.15, 0.2) is 0 Å². The Kier molecular flexibility index (Phi) is 4.53. The molecule has 0 aliphatic rings. The lowest BCUT2D eigenvalue weighted by Crippen LogP contribution is -2.16. The third-order valence-corrected chi connectivity index (χ3v) is 2.66. The van der Waals surface area contributed by atoms with E-state index in [0.29, 0.717) is 6.42 Å². The van der Waals surface area contributed by atoms with Crippen molar-refractivity contribution in [3.8, 4) is 0 Å². The van der Waals surface area contributed by atoms with Gasteiger partial charge in [0, 0.05) is 18.3 Å². The highest BCUT2D eigenvalue weighted by molar-refractivity contribution is 7.09. The summed E-state index contributed by atoms with van der Waals surface area (Å²) >= 11 is 1.08. The van der Waals surface area contributed by atoms with Crippen LogP contribution < -0.4 is 5.32 Å². The first kappa shape index (κ1) is 12.4. The van der Waals surface area contributed by atoms with Crippen molar-refractivity contribution in [1.82, 2.24) is 10.3 Å². The number of aromatic nitrogens is 1. The highest BCUT2D eigenvalue weighted by Gasteiger charge is 2.29.